The van der Waals surface area contributed by atoms with Crippen molar-refractivity contribution in [3.8, 4) is 0 Å². The summed E-state index contributed by atoms with van der Waals surface area (Å²) in [4.78, 5) is 6.59. The van der Waals surface area contributed by atoms with Gasteiger partial charge in [-0.05, 0) is 24.1 Å². The highest BCUT2D eigenvalue weighted by molar-refractivity contribution is 6.31. The van der Waals surface area contributed by atoms with Gasteiger partial charge >= 0.3 is 0 Å². The maximum Gasteiger partial charge on any atom is 0.129 e. The van der Waals surface area contributed by atoms with Crippen LogP contribution in [0, 0.1) is 0 Å². The second kappa shape index (κ2) is 6.55. The number of halogens is 1. The normalized spacial score (nSPS) is 10.5. The Bertz CT molecular complexity index is 528. The predicted octanol–water partition coefficient (Wildman–Crippen LogP) is 3.22. The molecule has 0 unspecified atom stereocenters. The molecule has 19 heavy (non-hydrogen) atoms. The van der Waals surface area contributed by atoms with Gasteiger partial charge in [0.05, 0.1) is 5.02 Å². The number of rotatable bonds is 5. The van der Waals surface area contributed by atoms with E-state index in [1.165, 1.54) is 5.56 Å². The predicted molar refractivity (Wildman–Crippen MR) is 80.3 cm³/mol. The topological polar surface area (TPSA) is 42.1 Å². The molecule has 0 aliphatic heterocycles. The molecule has 0 saturated heterocycles. The fourth-order valence-electron chi connectivity index (χ4n) is 1.96. The van der Waals surface area contributed by atoms with E-state index in [1.807, 2.05) is 24.3 Å². The highest BCUT2D eigenvalue weighted by atomic mass is 35.5. The van der Waals surface area contributed by atoms with Gasteiger partial charge in [0.1, 0.15) is 5.82 Å². The molecule has 1 heterocycles. The molecule has 2 aromatic rings. The maximum atomic E-state index is 6.04. The molecule has 0 atom stereocenters. The summed E-state index contributed by atoms with van der Waals surface area (Å²) in [6.07, 6.45) is 1.67. The van der Waals surface area contributed by atoms with Gasteiger partial charge < -0.3 is 10.6 Å². The number of anilines is 1. The quantitative estimate of drug-likeness (QED) is 0.911. The summed E-state index contributed by atoms with van der Waals surface area (Å²) in [5.41, 5.74) is 7.87. The van der Waals surface area contributed by atoms with Crippen molar-refractivity contribution in [1.29, 1.82) is 0 Å². The van der Waals surface area contributed by atoms with Gasteiger partial charge in [0, 0.05) is 25.8 Å². The summed E-state index contributed by atoms with van der Waals surface area (Å²) in [7, 11) is 0. The lowest BCUT2D eigenvalue weighted by molar-refractivity contribution is 0.811. The van der Waals surface area contributed by atoms with Crippen LogP contribution in [0.15, 0.2) is 42.6 Å². The van der Waals surface area contributed by atoms with E-state index < -0.39 is 0 Å². The first-order valence-electron chi connectivity index (χ1n) is 6.38. The lowest BCUT2D eigenvalue weighted by atomic mass is 10.2. The molecule has 1 aromatic carbocycles. The van der Waals surface area contributed by atoms with Gasteiger partial charge in [0.15, 0.2) is 0 Å². The third-order valence-corrected chi connectivity index (χ3v) is 3.40. The average Bonchev–Trinajstić information content (AvgIpc) is 2.46. The Morgan fingerprint density at radius 2 is 2.00 bits per heavy atom. The molecule has 0 bridgehead atoms. The molecule has 2 N–H and O–H groups in total. The van der Waals surface area contributed by atoms with Crippen LogP contribution >= 0.6 is 11.6 Å². The molecule has 0 radical (unpaired) electrons. The fraction of sp³-hybridized carbons (Fsp3) is 0.267. The molecular formula is C15H18ClN3. The smallest absolute Gasteiger partial charge is 0.129 e. The Balaban J connectivity index is 2.22. The van der Waals surface area contributed by atoms with Crippen molar-refractivity contribution in [1.82, 2.24) is 4.98 Å². The molecule has 2 rings (SSSR count). The molecule has 4 heteroatoms. The van der Waals surface area contributed by atoms with E-state index in [9.17, 15) is 0 Å². The monoisotopic (exact) mass is 275 g/mol. The van der Waals surface area contributed by atoms with Gasteiger partial charge in [-0.3, -0.25) is 0 Å². The zero-order chi connectivity index (χ0) is 13.7. The number of hydrogen-bond donors (Lipinski definition) is 1. The van der Waals surface area contributed by atoms with Gasteiger partial charge in [-0.1, -0.05) is 41.9 Å². The maximum absolute atomic E-state index is 6.04. The highest BCUT2D eigenvalue weighted by Crippen LogP contribution is 2.21. The summed E-state index contributed by atoms with van der Waals surface area (Å²) >= 11 is 6.04. The third kappa shape index (κ3) is 3.46. The van der Waals surface area contributed by atoms with Crippen LogP contribution in [0.2, 0.25) is 5.02 Å². The van der Waals surface area contributed by atoms with Crippen molar-refractivity contribution in [3.63, 3.8) is 0 Å². The molecule has 1 aromatic heterocycles. The van der Waals surface area contributed by atoms with Gasteiger partial charge in [-0.25, -0.2) is 4.98 Å². The minimum atomic E-state index is 0.428. The van der Waals surface area contributed by atoms with Gasteiger partial charge in [-0.2, -0.15) is 0 Å². The van der Waals surface area contributed by atoms with Crippen LogP contribution in [0.25, 0.3) is 0 Å². The van der Waals surface area contributed by atoms with Gasteiger partial charge in [-0.15, -0.1) is 0 Å². The van der Waals surface area contributed by atoms with Crippen molar-refractivity contribution < 1.29 is 0 Å². The van der Waals surface area contributed by atoms with Gasteiger partial charge in [0.25, 0.3) is 0 Å². The van der Waals surface area contributed by atoms with Crippen LogP contribution < -0.4 is 10.6 Å². The van der Waals surface area contributed by atoms with Gasteiger partial charge in [0.2, 0.25) is 0 Å². The Labute approximate surface area is 119 Å². The largest absolute Gasteiger partial charge is 0.353 e. The van der Waals surface area contributed by atoms with E-state index >= 15 is 0 Å². The zero-order valence-electron chi connectivity index (χ0n) is 11.0. The van der Waals surface area contributed by atoms with Crippen LogP contribution in [-0.4, -0.2) is 11.5 Å². The van der Waals surface area contributed by atoms with Crippen molar-refractivity contribution in [2.75, 3.05) is 11.4 Å². The lowest BCUT2D eigenvalue weighted by Gasteiger charge is -2.22. The molecule has 3 nitrogen and oxygen atoms in total. The summed E-state index contributed by atoms with van der Waals surface area (Å²) in [6.45, 7) is 4.25. The Kier molecular flexibility index (Phi) is 4.77. The van der Waals surface area contributed by atoms with Crippen LogP contribution in [0.4, 0.5) is 5.82 Å². The van der Waals surface area contributed by atoms with Crippen LogP contribution in [0.5, 0.6) is 0 Å². The number of pyridine rings is 1. The number of nitrogens with two attached hydrogens (primary N) is 1. The highest BCUT2D eigenvalue weighted by Gasteiger charge is 2.09. The minimum Gasteiger partial charge on any atom is -0.353 e. The van der Waals surface area contributed by atoms with Crippen molar-refractivity contribution >= 4 is 17.4 Å². The number of hydrogen-bond acceptors (Lipinski definition) is 3. The lowest BCUT2D eigenvalue weighted by Crippen LogP contribution is -2.23. The van der Waals surface area contributed by atoms with Crippen LogP contribution in [0.1, 0.15) is 18.1 Å². The first-order valence-corrected chi connectivity index (χ1v) is 6.75. The molecule has 0 spiro atoms. The fourth-order valence-corrected chi connectivity index (χ4v) is 2.14. The Morgan fingerprint density at radius 3 is 2.63 bits per heavy atom. The molecule has 0 amide bonds. The first kappa shape index (κ1) is 13.8. The Morgan fingerprint density at radius 1 is 1.26 bits per heavy atom. The first-order chi connectivity index (χ1) is 9.24. The van der Waals surface area contributed by atoms with Crippen molar-refractivity contribution in [2.45, 2.75) is 20.0 Å². The van der Waals surface area contributed by atoms with E-state index in [0.29, 0.717) is 11.6 Å². The molecule has 0 aliphatic carbocycles. The summed E-state index contributed by atoms with van der Waals surface area (Å²) in [6, 6.07) is 12.3. The molecule has 100 valence electrons. The number of benzene rings is 1. The molecular weight excluding hydrogens is 258 g/mol. The SMILES string of the molecule is CCN(Cc1ccccc1)c1cc(CN)c(Cl)cn1. The standard InChI is InChI=1S/C15H18ClN3/c1-2-19(11-12-6-4-3-5-7-12)15-8-13(9-17)14(16)10-18-15/h3-8,10H,2,9,11,17H2,1H3. The second-order valence-electron chi connectivity index (χ2n) is 4.34. The second-order valence-corrected chi connectivity index (χ2v) is 4.75. The van der Waals surface area contributed by atoms with Crippen LogP contribution in [-0.2, 0) is 13.1 Å². The number of nitrogens with zero attached hydrogens (tertiary/aromatic N) is 2. The van der Waals surface area contributed by atoms with E-state index in [2.05, 4.69) is 28.9 Å². The summed E-state index contributed by atoms with van der Waals surface area (Å²) in [5, 5.41) is 0.627. The summed E-state index contributed by atoms with van der Waals surface area (Å²) in [5.74, 6) is 0.913. The van der Waals surface area contributed by atoms with E-state index in [1.54, 1.807) is 6.20 Å². The van der Waals surface area contributed by atoms with Crippen molar-refractivity contribution in [3.05, 3.63) is 58.7 Å². The molecule has 0 fully saturated rings. The van der Waals surface area contributed by atoms with Crippen LogP contribution in [0.3, 0.4) is 0 Å². The molecule has 0 saturated carbocycles. The van der Waals surface area contributed by atoms with E-state index in [0.717, 1.165) is 24.5 Å². The Hall–Kier alpha value is -1.58. The summed E-state index contributed by atoms with van der Waals surface area (Å²) < 4.78 is 0. The van der Waals surface area contributed by atoms with E-state index in [-0.39, 0.29) is 0 Å². The molecule has 0 aliphatic rings. The third-order valence-electron chi connectivity index (χ3n) is 3.06. The van der Waals surface area contributed by atoms with Crippen molar-refractivity contribution in [2.24, 2.45) is 5.73 Å². The average molecular weight is 276 g/mol. The number of aromatic nitrogens is 1. The minimum absolute atomic E-state index is 0.428. The zero-order valence-corrected chi connectivity index (χ0v) is 11.8. The van der Waals surface area contributed by atoms with E-state index in [4.69, 9.17) is 17.3 Å².